The number of ketones is 1. The maximum absolute atomic E-state index is 14.1. The second-order valence-corrected chi connectivity index (χ2v) is 5.40. The lowest BCUT2D eigenvalue weighted by Crippen LogP contribution is -2.46. The van der Waals surface area contributed by atoms with Crippen molar-refractivity contribution < 1.29 is 46.5 Å². The lowest BCUT2D eigenvalue weighted by Gasteiger charge is -2.31. The van der Waals surface area contributed by atoms with E-state index in [0.29, 0.717) is 18.2 Å². The van der Waals surface area contributed by atoms with Crippen LogP contribution in [0.1, 0.15) is 12.8 Å². The van der Waals surface area contributed by atoms with Crippen LogP contribution in [0.25, 0.3) is 0 Å². The average molecular weight is 396 g/mol. The van der Waals surface area contributed by atoms with Crippen molar-refractivity contribution in [1.82, 2.24) is 0 Å². The van der Waals surface area contributed by atoms with E-state index in [1.165, 1.54) is 0 Å². The molecule has 0 aromatic rings. The van der Waals surface area contributed by atoms with E-state index in [9.17, 15) is 31.9 Å². The van der Waals surface area contributed by atoms with Crippen molar-refractivity contribution >= 4 is 17.7 Å². The monoisotopic (exact) mass is 396 g/mol. The third kappa shape index (κ3) is 7.73. The van der Waals surface area contributed by atoms with Crippen LogP contribution in [0.5, 0.6) is 0 Å². The number of hydrogen-bond acceptors (Lipinski definition) is 6. The summed E-state index contributed by atoms with van der Waals surface area (Å²) in [5.41, 5.74) is 0. The first-order chi connectivity index (χ1) is 12.4. The second-order valence-electron chi connectivity index (χ2n) is 5.40. The van der Waals surface area contributed by atoms with Crippen LogP contribution in [-0.2, 0) is 23.9 Å². The van der Waals surface area contributed by atoms with Crippen molar-refractivity contribution in [3.63, 3.8) is 0 Å². The van der Waals surface area contributed by atoms with Gasteiger partial charge in [-0.25, -0.2) is 9.59 Å². The fraction of sp³-hybridized carbons (Fsp3) is 0.471. The van der Waals surface area contributed by atoms with Crippen molar-refractivity contribution in [2.75, 3.05) is 13.2 Å². The van der Waals surface area contributed by atoms with Gasteiger partial charge in [-0.2, -0.15) is 17.6 Å². The Labute approximate surface area is 153 Å². The van der Waals surface area contributed by atoms with Gasteiger partial charge in [0.15, 0.2) is 5.78 Å². The quantitative estimate of drug-likeness (QED) is 0.292. The Bertz CT molecular complexity index is 588. The van der Waals surface area contributed by atoms with Crippen LogP contribution < -0.4 is 0 Å². The molecule has 0 aliphatic rings. The standard InChI is InChI=1S/C17H20F4O6/c1-4-13(23)11(10-26-14(24)5-2)7-16(18,19)17(20,21)8-12(9-22)27-15(25)6-3/h4-6,11-12,22H,1-3,7-10H2. The Kier molecular flexibility index (Phi) is 9.63. The summed E-state index contributed by atoms with van der Waals surface area (Å²) < 4.78 is 65.2. The van der Waals surface area contributed by atoms with Gasteiger partial charge >= 0.3 is 23.8 Å². The summed E-state index contributed by atoms with van der Waals surface area (Å²) in [4.78, 5) is 33.7. The highest BCUT2D eigenvalue weighted by Crippen LogP contribution is 2.42. The van der Waals surface area contributed by atoms with E-state index in [-0.39, 0.29) is 0 Å². The molecular formula is C17H20F4O6. The van der Waals surface area contributed by atoms with Crippen LogP contribution in [0.4, 0.5) is 17.6 Å². The lowest BCUT2D eigenvalue weighted by molar-refractivity contribution is -0.233. The molecule has 152 valence electrons. The number of carbonyl (C=O) groups excluding carboxylic acids is 3. The molecule has 2 unspecified atom stereocenters. The highest BCUT2D eigenvalue weighted by Gasteiger charge is 2.58. The Hall–Kier alpha value is -2.49. The van der Waals surface area contributed by atoms with Gasteiger partial charge in [0, 0.05) is 18.6 Å². The van der Waals surface area contributed by atoms with Crippen LogP contribution in [0.15, 0.2) is 38.0 Å². The van der Waals surface area contributed by atoms with Gasteiger partial charge in [-0.05, 0) is 6.08 Å². The van der Waals surface area contributed by atoms with E-state index in [0.717, 1.165) is 0 Å². The minimum atomic E-state index is -4.75. The van der Waals surface area contributed by atoms with E-state index >= 15 is 0 Å². The molecule has 6 nitrogen and oxygen atoms in total. The first kappa shape index (κ1) is 24.5. The van der Waals surface area contributed by atoms with E-state index in [2.05, 4.69) is 29.2 Å². The van der Waals surface area contributed by atoms with Crippen LogP contribution in [0, 0.1) is 5.92 Å². The number of carbonyl (C=O) groups is 3. The number of hydrogen-bond donors (Lipinski definition) is 1. The van der Waals surface area contributed by atoms with Crippen LogP contribution >= 0.6 is 0 Å². The zero-order chi connectivity index (χ0) is 21.3. The highest BCUT2D eigenvalue weighted by molar-refractivity contribution is 5.91. The number of allylic oxidation sites excluding steroid dienone is 1. The molecule has 0 aliphatic carbocycles. The largest absolute Gasteiger partial charge is 0.462 e. The molecule has 0 fully saturated rings. The van der Waals surface area contributed by atoms with Crippen LogP contribution in [-0.4, -0.2) is 54.0 Å². The minimum Gasteiger partial charge on any atom is -0.462 e. The maximum Gasteiger partial charge on any atom is 0.330 e. The zero-order valence-electron chi connectivity index (χ0n) is 14.3. The summed E-state index contributed by atoms with van der Waals surface area (Å²) in [5, 5.41) is 8.96. The van der Waals surface area contributed by atoms with Gasteiger partial charge in [-0.15, -0.1) is 0 Å². The summed E-state index contributed by atoms with van der Waals surface area (Å²) in [5.74, 6) is -14.5. The number of aliphatic hydroxyl groups is 1. The van der Waals surface area contributed by atoms with Crippen LogP contribution in [0.3, 0.4) is 0 Å². The number of rotatable bonds is 13. The van der Waals surface area contributed by atoms with Crippen LogP contribution in [0.2, 0.25) is 0 Å². The number of alkyl halides is 4. The lowest BCUT2D eigenvalue weighted by atomic mass is 9.91. The highest BCUT2D eigenvalue weighted by atomic mass is 19.3. The van der Waals surface area contributed by atoms with Gasteiger partial charge in [0.25, 0.3) is 0 Å². The molecule has 2 atom stereocenters. The van der Waals surface area contributed by atoms with Gasteiger partial charge in [0.1, 0.15) is 12.7 Å². The van der Waals surface area contributed by atoms with Crippen molar-refractivity contribution in [2.24, 2.45) is 5.92 Å². The van der Waals surface area contributed by atoms with E-state index in [4.69, 9.17) is 5.11 Å². The van der Waals surface area contributed by atoms with E-state index < -0.39 is 67.6 Å². The fourth-order valence-corrected chi connectivity index (χ4v) is 1.90. The SMILES string of the molecule is C=CC(=O)OCC(CC(F)(F)C(F)(F)CC(CO)OC(=O)C=C)C(=O)C=C. The van der Waals surface area contributed by atoms with Crippen molar-refractivity contribution in [1.29, 1.82) is 0 Å². The van der Waals surface area contributed by atoms with Gasteiger partial charge < -0.3 is 14.6 Å². The molecule has 0 aromatic carbocycles. The molecule has 0 radical (unpaired) electrons. The van der Waals surface area contributed by atoms with Crippen molar-refractivity contribution in [3.8, 4) is 0 Å². The molecular weight excluding hydrogens is 376 g/mol. The van der Waals surface area contributed by atoms with Gasteiger partial charge in [0.2, 0.25) is 0 Å². The number of ether oxygens (including phenoxy) is 2. The number of aliphatic hydroxyl groups excluding tert-OH is 1. The van der Waals surface area contributed by atoms with E-state index in [1.807, 2.05) is 0 Å². The molecule has 0 amide bonds. The summed E-state index contributed by atoms with van der Waals surface area (Å²) in [6, 6.07) is 0. The Balaban J connectivity index is 5.31. The van der Waals surface area contributed by atoms with Crippen molar-refractivity contribution in [3.05, 3.63) is 38.0 Å². The molecule has 27 heavy (non-hydrogen) atoms. The molecule has 0 rings (SSSR count). The zero-order valence-corrected chi connectivity index (χ0v) is 14.3. The summed E-state index contributed by atoms with van der Waals surface area (Å²) in [7, 11) is 0. The normalized spacial score (nSPS) is 13.8. The van der Waals surface area contributed by atoms with E-state index in [1.54, 1.807) is 0 Å². The molecule has 0 bridgehead atoms. The van der Waals surface area contributed by atoms with Gasteiger partial charge in [0.05, 0.1) is 18.9 Å². The Morgan fingerprint density at radius 2 is 1.44 bits per heavy atom. The molecule has 0 aromatic heterocycles. The van der Waals surface area contributed by atoms with Gasteiger partial charge in [-0.1, -0.05) is 19.7 Å². The van der Waals surface area contributed by atoms with Crippen molar-refractivity contribution in [2.45, 2.75) is 30.8 Å². The predicted molar refractivity (Wildman–Crippen MR) is 86.1 cm³/mol. The molecule has 1 N–H and O–H groups in total. The predicted octanol–water partition coefficient (Wildman–Crippen LogP) is 2.23. The Morgan fingerprint density at radius 1 is 0.926 bits per heavy atom. The molecule has 0 aliphatic heterocycles. The number of esters is 2. The summed E-state index contributed by atoms with van der Waals surface area (Å²) >= 11 is 0. The third-order valence-electron chi connectivity index (χ3n) is 3.37. The summed E-state index contributed by atoms with van der Waals surface area (Å²) in [6.07, 6.45) is -3.31. The average Bonchev–Trinajstić information content (AvgIpc) is 2.62. The minimum absolute atomic E-state index is 0.617. The fourth-order valence-electron chi connectivity index (χ4n) is 1.90. The summed E-state index contributed by atoms with van der Waals surface area (Å²) in [6.45, 7) is 7.16. The molecule has 0 spiro atoms. The third-order valence-corrected chi connectivity index (χ3v) is 3.37. The molecule has 0 saturated carbocycles. The molecule has 0 heterocycles. The molecule has 0 saturated heterocycles. The first-order valence-corrected chi connectivity index (χ1v) is 7.59. The number of halogens is 4. The van der Waals surface area contributed by atoms with Gasteiger partial charge in [-0.3, -0.25) is 4.79 Å². The molecule has 10 heteroatoms. The first-order valence-electron chi connectivity index (χ1n) is 7.59. The smallest absolute Gasteiger partial charge is 0.330 e. The second kappa shape index (κ2) is 10.6. The topological polar surface area (TPSA) is 89.9 Å². The Morgan fingerprint density at radius 3 is 1.89 bits per heavy atom. The maximum atomic E-state index is 14.1.